The van der Waals surface area contributed by atoms with Crippen LogP contribution in [0.2, 0.25) is 0 Å². The molecule has 1 atom stereocenters. The summed E-state index contributed by atoms with van der Waals surface area (Å²) >= 11 is 0. The Morgan fingerprint density at radius 1 is 1.23 bits per heavy atom. The summed E-state index contributed by atoms with van der Waals surface area (Å²) in [6.07, 6.45) is 6.94. The van der Waals surface area contributed by atoms with Gasteiger partial charge in [-0.1, -0.05) is 26.2 Å². The normalized spacial score (nSPS) is 20.8. The fourth-order valence-corrected chi connectivity index (χ4v) is 2.11. The lowest BCUT2D eigenvalue weighted by molar-refractivity contribution is 0.407. The average Bonchev–Trinajstić information content (AvgIpc) is 2.64. The third-order valence-electron chi connectivity index (χ3n) is 3.12. The molecule has 0 aromatic rings. The molecule has 13 heavy (non-hydrogen) atoms. The first-order valence-electron chi connectivity index (χ1n) is 5.74. The quantitative estimate of drug-likeness (QED) is 0.657. The third-order valence-corrected chi connectivity index (χ3v) is 3.12. The summed E-state index contributed by atoms with van der Waals surface area (Å²) in [4.78, 5) is 0. The zero-order valence-electron chi connectivity index (χ0n) is 9.10. The van der Waals surface area contributed by atoms with E-state index >= 15 is 0 Å². The van der Waals surface area contributed by atoms with Crippen LogP contribution in [-0.2, 0) is 0 Å². The average molecular weight is 184 g/mol. The maximum atomic E-state index is 3.68. The monoisotopic (exact) mass is 184 g/mol. The molecule has 2 N–H and O–H groups in total. The minimum atomic E-state index is 0.811. The van der Waals surface area contributed by atoms with Crippen LogP contribution in [0.15, 0.2) is 0 Å². The van der Waals surface area contributed by atoms with Crippen molar-refractivity contribution in [2.24, 2.45) is 5.92 Å². The van der Waals surface area contributed by atoms with Crippen molar-refractivity contribution in [1.29, 1.82) is 0 Å². The minimum Gasteiger partial charge on any atom is -0.319 e. The predicted octanol–water partition coefficient (Wildman–Crippen LogP) is 1.76. The molecule has 0 aliphatic heterocycles. The summed E-state index contributed by atoms with van der Waals surface area (Å²) < 4.78 is 0. The SMILES string of the molecule is CCC(CNC)CNC1CCCC1. The lowest BCUT2D eigenvalue weighted by Gasteiger charge is -2.18. The van der Waals surface area contributed by atoms with E-state index in [-0.39, 0.29) is 0 Å². The van der Waals surface area contributed by atoms with Crippen LogP contribution in [0.4, 0.5) is 0 Å². The highest BCUT2D eigenvalue weighted by Crippen LogP contribution is 2.17. The highest BCUT2D eigenvalue weighted by molar-refractivity contribution is 4.75. The molecule has 1 unspecified atom stereocenters. The molecule has 1 fully saturated rings. The van der Waals surface area contributed by atoms with Crippen LogP contribution in [0.5, 0.6) is 0 Å². The number of hydrogen-bond acceptors (Lipinski definition) is 2. The van der Waals surface area contributed by atoms with Gasteiger partial charge in [0.1, 0.15) is 0 Å². The zero-order valence-corrected chi connectivity index (χ0v) is 9.10. The van der Waals surface area contributed by atoms with E-state index in [2.05, 4.69) is 17.6 Å². The molecule has 0 radical (unpaired) electrons. The topological polar surface area (TPSA) is 24.1 Å². The van der Waals surface area contributed by atoms with Gasteiger partial charge in [0.25, 0.3) is 0 Å². The van der Waals surface area contributed by atoms with Gasteiger partial charge in [-0.05, 0) is 38.9 Å². The van der Waals surface area contributed by atoms with Crippen LogP contribution >= 0.6 is 0 Å². The fourth-order valence-electron chi connectivity index (χ4n) is 2.11. The molecule has 1 rings (SSSR count). The van der Waals surface area contributed by atoms with Crippen LogP contribution in [0.1, 0.15) is 39.0 Å². The van der Waals surface area contributed by atoms with Crippen LogP contribution < -0.4 is 10.6 Å². The Morgan fingerprint density at radius 3 is 2.46 bits per heavy atom. The highest BCUT2D eigenvalue weighted by Gasteiger charge is 2.15. The van der Waals surface area contributed by atoms with E-state index in [0.717, 1.165) is 18.5 Å². The lowest BCUT2D eigenvalue weighted by atomic mass is 10.1. The van der Waals surface area contributed by atoms with Gasteiger partial charge >= 0.3 is 0 Å². The van der Waals surface area contributed by atoms with E-state index in [0.29, 0.717) is 0 Å². The minimum absolute atomic E-state index is 0.811. The van der Waals surface area contributed by atoms with Crippen molar-refractivity contribution in [3.8, 4) is 0 Å². The summed E-state index contributed by atoms with van der Waals surface area (Å²) in [7, 11) is 2.04. The van der Waals surface area contributed by atoms with Gasteiger partial charge < -0.3 is 10.6 Å². The van der Waals surface area contributed by atoms with Gasteiger partial charge in [-0.2, -0.15) is 0 Å². The molecule has 0 bridgehead atoms. The number of nitrogens with one attached hydrogen (secondary N) is 2. The van der Waals surface area contributed by atoms with Crippen molar-refractivity contribution in [3.63, 3.8) is 0 Å². The van der Waals surface area contributed by atoms with Crippen molar-refractivity contribution in [1.82, 2.24) is 10.6 Å². The molecular weight excluding hydrogens is 160 g/mol. The van der Waals surface area contributed by atoms with E-state index in [9.17, 15) is 0 Å². The molecule has 0 spiro atoms. The van der Waals surface area contributed by atoms with Crippen LogP contribution in [0.3, 0.4) is 0 Å². The van der Waals surface area contributed by atoms with E-state index in [1.807, 2.05) is 7.05 Å². The van der Waals surface area contributed by atoms with Crippen molar-refractivity contribution < 1.29 is 0 Å². The van der Waals surface area contributed by atoms with Crippen molar-refractivity contribution in [2.75, 3.05) is 20.1 Å². The van der Waals surface area contributed by atoms with Gasteiger partial charge in [0.2, 0.25) is 0 Å². The van der Waals surface area contributed by atoms with Crippen molar-refractivity contribution >= 4 is 0 Å². The molecule has 1 aliphatic rings. The molecule has 1 aliphatic carbocycles. The first kappa shape index (κ1) is 11.0. The lowest BCUT2D eigenvalue weighted by Crippen LogP contribution is -2.34. The molecule has 0 heterocycles. The summed E-state index contributed by atoms with van der Waals surface area (Å²) in [5.74, 6) is 0.811. The molecular formula is C11H24N2. The molecule has 2 heteroatoms. The highest BCUT2D eigenvalue weighted by atomic mass is 14.9. The Kier molecular flexibility index (Phi) is 5.40. The molecule has 78 valence electrons. The Bertz CT molecular complexity index is 119. The van der Waals surface area contributed by atoms with E-state index in [1.54, 1.807) is 0 Å². The number of hydrogen-bond donors (Lipinski definition) is 2. The molecule has 0 aromatic carbocycles. The van der Waals surface area contributed by atoms with Gasteiger partial charge in [0.05, 0.1) is 0 Å². The maximum absolute atomic E-state index is 3.68. The second-order valence-electron chi connectivity index (χ2n) is 4.22. The molecule has 2 nitrogen and oxygen atoms in total. The standard InChI is InChI=1S/C11H24N2/c1-3-10(8-12-2)9-13-11-6-4-5-7-11/h10-13H,3-9H2,1-2H3. The second kappa shape index (κ2) is 6.39. The summed E-state index contributed by atoms with van der Waals surface area (Å²) in [6.45, 7) is 4.62. The third kappa shape index (κ3) is 4.10. The molecule has 0 amide bonds. The molecule has 0 saturated heterocycles. The van der Waals surface area contributed by atoms with E-state index in [4.69, 9.17) is 0 Å². The van der Waals surface area contributed by atoms with Gasteiger partial charge in [0, 0.05) is 6.04 Å². The smallest absolute Gasteiger partial charge is 0.00671 e. The Balaban J connectivity index is 2.07. The largest absolute Gasteiger partial charge is 0.319 e. The number of rotatable bonds is 6. The van der Waals surface area contributed by atoms with Crippen LogP contribution in [0, 0.1) is 5.92 Å². The van der Waals surface area contributed by atoms with Gasteiger partial charge in [-0.3, -0.25) is 0 Å². The first-order valence-corrected chi connectivity index (χ1v) is 5.74. The van der Waals surface area contributed by atoms with Crippen LogP contribution in [0.25, 0.3) is 0 Å². The summed E-state index contributed by atoms with van der Waals surface area (Å²) in [5, 5.41) is 6.93. The Hall–Kier alpha value is -0.0800. The summed E-state index contributed by atoms with van der Waals surface area (Å²) in [5.41, 5.74) is 0. The Labute approximate surface area is 82.5 Å². The van der Waals surface area contributed by atoms with Crippen molar-refractivity contribution in [2.45, 2.75) is 45.1 Å². The predicted molar refractivity (Wildman–Crippen MR) is 58.0 cm³/mol. The van der Waals surface area contributed by atoms with Gasteiger partial charge in [-0.15, -0.1) is 0 Å². The molecule has 0 aromatic heterocycles. The fraction of sp³-hybridized carbons (Fsp3) is 1.00. The molecule has 1 saturated carbocycles. The van der Waals surface area contributed by atoms with Crippen molar-refractivity contribution in [3.05, 3.63) is 0 Å². The van der Waals surface area contributed by atoms with Gasteiger partial charge in [0.15, 0.2) is 0 Å². The summed E-state index contributed by atoms with van der Waals surface area (Å²) in [6, 6.07) is 0.825. The van der Waals surface area contributed by atoms with Crippen LogP contribution in [-0.4, -0.2) is 26.2 Å². The second-order valence-corrected chi connectivity index (χ2v) is 4.22. The van der Waals surface area contributed by atoms with Gasteiger partial charge in [-0.25, -0.2) is 0 Å². The Morgan fingerprint density at radius 2 is 1.92 bits per heavy atom. The van der Waals surface area contributed by atoms with E-state index in [1.165, 1.54) is 38.6 Å². The zero-order chi connectivity index (χ0) is 9.52. The first-order chi connectivity index (χ1) is 6.36. The maximum Gasteiger partial charge on any atom is 0.00671 e. The van der Waals surface area contributed by atoms with E-state index < -0.39 is 0 Å².